The Morgan fingerprint density at radius 3 is 2.44 bits per heavy atom. The van der Waals surface area contributed by atoms with Gasteiger partial charge in [-0.15, -0.1) is 23.2 Å². The molecule has 2 aliphatic carbocycles. The van der Waals surface area contributed by atoms with Crippen molar-refractivity contribution in [2.75, 3.05) is 4.90 Å². The lowest BCUT2D eigenvalue weighted by atomic mass is 9.56. The Kier molecular flexibility index (Phi) is 5.52. The van der Waals surface area contributed by atoms with Crippen LogP contribution in [0.1, 0.15) is 18.4 Å². The Morgan fingerprint density at radius 1 is 0.976 bits per heavy atom. The minimum atomic E-state index is -2.09. The standard InChI is InChI=1S/C29H21Cl2FN2O7/c30-28-11-20-18(6-7-19-22(20)25(37)34(40)24(19)36)23(14-9-13-10-17(35)5-8-21(13)41-12-14)29(28,31)27(39)33(26(28)38)16-3-1-15(32)2-4-16/h1-6,8,10,12,19-20,22-23,35,40H,7,9,11H2/t19-,20+,22-,23-,28+,29-/m0/s1. The second-order valence-electron chi connectivity index (χ2n) is 11.0. The second-order valence-corrected chi connectivity index (χ2v) is 12.3. The Hall–Kier alpha value is -3.73. The molecule has 41 heavy (non-hydrogen) atoms. The van der Waals surface area contributed by atoms with Crippen molar-refractivity contribution in [3.8, 4) is 11.5 Å². The molecule has 4 amide bonds. The third-order valence-electron chi connectivity index (χ3n) is 9.02. The average molecular weight is 599 g/mol. The number of hydrogen-bond donors (Lipinski definition) is 2. The van der Waals surface area contributed by atoms with Gasteiger partial charge < -0.3 is 9.84 Å². The van der Waals surface area contributed by atoms with Gasteiger partial charge in [0.15, 0.2) is 9.75 Å². The number of anilines is 1. The predicted octanol–water partition coefficient (Wildman–Crippen LogP) is 3.84. The van der Waals surface area contributed by atoms with Gasteiger partial charge in [-0.25, -0.2) is 9.29 Å². The number of amides is 4. The molecule has 5 aliphatic rings. The van der Waals surface area contributed by atoms with E-state index in [2.05, 4.69) is 0 Å². The number of halogens is 3. The molecular formula is C29H21Cl2FN2O7. The van der Waals surface area contributed by atoms with Crippen molar-refractivity contribution in [3.63, 3.8) is 0 Å². The molecule has 2 N–H and O–H groups in total. The van der Waals surface area contributed by atoms with Gasteiger partial charge in [0, 0.05) is 17.9 Å². The smallest absolute Gasteiger partial charge is 0.258 e. The number of fused-ring (bicyclic) bond motifs is 5. The number of alkyl halides is 2. The zero-order valence-corrected chi connectivity index (χ0v) is 22.6. The van der Waals surface area contributed by atoms with Crippen LogP contribution in [0, 0.1) is 29.5 Å². The lowest BCUT2D eigenvalue weighted by molar-refractivity contribution is -0.173. The largest absolute Gasteiger partial charge is 0.508 e. The van der Waals surface area contributed by atoms with E-state index in [1.165, 1.54) is 30.5 Å². The van der Waals surface area contributed by atoms with E-state index in [-0.39, 0.29) is 35.8 Å². The number of rotatable bonds is 2. The van der Waals surface area contributed by atoms with Gasteiger partial charge in [-0.2, -0.15) is 5.06 Å². The van der Waals surface area contributed by atoms with E-state index in [9.17, 15) is 33.9 Å². The van der Waals surface area contributed by atoms with Gasteiger partial charge in [0.25, 0.3) is 23.6 Å². The van der Waals surface area contributed by atoms with Crippen LogP contribution in [0.5, 0.6) is 11.5 Å². The zero-order valence-electron chi connectivity index (χ0n) is 21.1. The molecule has 2 aromatic carbocycles. The van der Waals surface area contributed by atoms with Gasteiger partial charge in [0.05, 0.1) is 23.8 Å². The van der Waals surface area contributed by atoms with E-state index in [1.54, 1.807) is 12.1 Å². The first kappa shape index (κ1) is 26.2. The van der Waals surface area contributed by atoms with Crippen molar-refractivity contribution >= 4 is 52.5 Å². The number of benzene rings is 2. The maximum Gasteiger partial charge on any atom is 0.258 e. The molecule has 0 radical (unpaired) electrons. The average Bonchev–Trinajstić information content (AvgIpc) is 3.26. The molecule has 0 spiro atoms. The van der Waals surface area contributed by atoms with Crippen molar-refractivity contribution in [3.05, 3.63) is 77.3 Å². The van der Waals surface area contributed by atoms with Crippen LogP contribution < -0.4 is 9.64 Å². The van der Waals surface area contributed by atoms with Crippen LogP contribution in [0.3, 0.4) is 0 Å². The predicted molar refractivity (Wildman–Crippen MR) is 141 cm³/mol. The summed E-state index contributed by atoms with van der Waals surface area (Å²) in [4.78, 5) is 50.8. The number of allylic oxidation sites excluding steroid dienone is 3. The fourth-order valence-electron chi connectivity index (χ4n) is 7.19. The van der Waals surface area contributed by atoms with Crippen molar-refractivity contribution in [1.29, 1.82) is 0 Å². The first-order valence-corrected chi connectivity index (χ1v) is 13.7. The number of carbonyl (C=O) groups excluding carboxylic acids is 4. The third-order valence-corrected chi connectivity index (χ3v) is 10.4. The van der Waals surface area contributed by atoms with Crippen LogP contribution in [-0.2, 0) is 25.6 Å². The van der Waals surface area contributed by atoms with E-state index in [0.29, 0.717) is 22.5 Å². The number of carbonyl (C=O) groups is 4. The molecule has 12 heteroatoms. The van der Waals surface area contributed by atoms with Crippen molar-refractivity contribution < 1.29 is 38.6 Å². The molecule has 0 aromatic heterocycles. The second kappa shape index (κ2) is 8.64. The number of phenolic OH excluding ortho intramolecular Hbond substituents is 1. The minimum absolute atomic E-state index is 0.00479. The third kappa shape index (κ3) is 3.32. The summed E-state index contributed by atoms with van der Waals surface area (Å²) in [5.41, 5.74) is 1.68. The van der Waals surface area contributed by atoms with Gasteiger partial charge in [-0.05, 0) is 66.8 Å². The van der Waals surface area contributed by atoms with Crippen LogP contribution in [0.25, 0.3) is 0 Å². The number of hydrogen-bond acceptors (Lipinski definition) is 7. The molecule has 3 aliphatic heterocycles. The summed E-state index contributed by atoms with van der Waals surface area (Å²) in [7, 11) is 0. The molecule has 3 heterocycles. The number of imide groups is 2. The number of phenols is 1. The highest BCUT2D eigenvalue weighted by Gasteiger charge is 2.77. The van der Waals surface area contributed by atoms with Crippen LogP contribution in [0.4, 0.5) is 10.1 Å². The highest BCUT2D eigenvalue weighted by atomic mass is 35.5. The first-order chi connectivity index (χ1) is 19.5. The quantitative estimate of drug-likeness (QED) is 0.233. The van der Waals surface area contributed by atoms with Crippen molar-refractivity contribution in [2.45, 2.75) is 29.0 Å². The van der Waals surface area contributed by atoms with Gasteiger partial charge in [0.2, 0.25) is 0 Å². The van der Waals surface area contributed by atoms with Crippen LogP contribution in [0.15, 0.2) is 65.9 Å². The SMILES string of the molecule is O=C1[C@H]2[C@H](CC=C3[C@H](C4=COc5ccc(O)cc5C4)[C@]4(Cl)C(=O)N(c5ccc(F)cc5)C(=O)[C@]4(Cl)C[C@H]32)C(=O)N1O. The molecule has 0 bridgehead atoms. The van der Waals surface area contributed by atoms with Gasteiger partial charge in [-0.3, -0.25) is 24.4 Å². The zero-order chi connectivity index (χ0) is 29.0. The highest BCUT2D eigenvalue weighted by molar-refractivity contribution is 6.58. The van der Waals surface area contributed by atoms with Gasteiger partial charge in [0.1, 0.15) is 17.3 Å². The summed E-state index contributed by atoms with van der Waals surface area (Å²) in [5.74, 6) is -7.07. The summed E-state index contributed by atoms with van der Waals surface area (Å²) < 4.78 is 19.6. The summed E-state index contributed by atoms with van der Waals surface area (Å²) in [5, 5.41) is 20.4. The van der Waals surface area contributed by atoms with E-state index in [1.807, 2.05) is 0 Å². The van der Waals surface area contributed by atoms with Crippen molar-refractivity contribution in [2.24, 2.45) is 23.7 Å². The molecule has 9 nitrogen and oxygen atoms in total. The fourth-order valence-corrected chi connectivity index (χ4v) is 8.14. The molecule has 2 saturated heterocycles. The topological polar surface area (TPSA) is 124 Å². The van der Waals surface area contributed by atoms with E-state index >= 15 is 0 Å². The van der Waals surface area contributed by atoms with E-state index < -0.39 is 62.9 Å². The molecule has 2 aromatic rings. The van der Waals surface area contributed by atoms with Gasteiger partial charge >= 0.3 is 0 Å². The Bertz CT molecular complexity index is 1640. The summed E-state index contributed by atoms with van der Waals surface area (Å²) in [6.45, 7) is 0. The minimum Gasteiger partial charge on any atom is -0.508 e. The first-order valence-electron chi connectivity index (χ1n) is 12.9. The van der Waals surface area contributed by atoms with Crippen molar-refractivity contribution in [1.82, 2.24) is 5.06 Å². The maximum absolute atomic E-state index is 14.3. The summed E-state index contributed by atoms with van der Waals surface area (Å²) in [6, 6.07) is 9.31. The molecule has 1 saturated carbocycles. The molecule has 210 valence electrons. The number of aromatic hydroxyl groups is 1. The highest BCUT2D eigenvalue weighted by Crippen LogP contribution is 2.65. The molecular weight excluding hydrogens is 578 g/mol. The monoisotopic (exact) mass is 598 g/mol. The molecule has 6 atom stereocenters. The number of nitrogens with zero attached hydrogens (tertiary/aromatic N) is 2. The molecule has 0 unspecified atom stereocenters. The lowest BCUT2D eigenvalue weighted by Crippen LogP contribution is -2.61. The molecule has 7 rings (SSSR count). The van der Waals surface area contributed by atoms with E-state index in [4.69, 9.17) is 27.9 Å². The number of hydroxylamine groups is 2. The Balaban J connectivity index is 1.41. The lowest BCUT2D eigenvalue weighted by Gasteiger charge is -2.51. The summed E-state index contributed by atoms with van der Waals surface area (Å²) in [6.07, 6.45) is 3.18. The van der Waals surface area contributed by atoms with Crippen LogP contribution in [-0.4, -0.2) is 48.8 Å². The number of ether oxygens (including phenoxy) is 1. The summed E-state index contributed by atoms with van der Waals surface area (Å²) >= 11 is 14.5. The van der Waals surface area contributed by atoms with E-state index in [0.717, 1.165) is 17.0 Å². The Labute approximate surface area is 242 Å². The Morgan fingerprint density at radius 2 is 1.71 bits per heavy atom. The van der Waals surface area contributed by atoms with Crippen LogP contribution >= 0.6 is 23.2 Å². The van der Waals surface area contributed by atoms with Gasteiger partial charge in [-0.1, -0.05) is 11.6 Å². The fraction of sp³-hybridized carbons (Fsp3) is 0.310. The molecule has 3 fully saturated rings. The van der Waals surface area contributed by atoms with Crippen LogP contribution in [0.2, 0.25) is 0 Å². The normalized spacial score (nSPS) is 34.0. The maximum atomic E-state index is 14.3.